The molecule has 0 radical (unpaired) electrons. The second kappa shape index (κ2) is 7.26. The molecule has 2 atom stereocenters. The van der Waals surface area contributed by atoms with Crippen LogP contribution in [-0.4, -0.2) is 33.7 Å². The Morgan fingerprint density at radius 3 is 2.58 bits per heavy atom. The molecule has 4 heteroatoms. The number of nitrogens with zero attached hydrogens (tertiary/aromatic N) is 3. The van der Waals surface area contributed by atoms with Crippen molar-refractivity contribution in [3.05, 3.63) is 52.8 Å². The summed E-state index contributed by atoms with van der Waals surface area (Å²) < 4.78 is 1.98. The summed E-state index contributed by atoms with van der Waals surface area (Å²) in [6, 6.07) is 10.3. The van der Waals surface area contributed by atoms with Crippen molar-refractivity contribution in [3.8, 4) is 0 Å². The molecule has 0 bridgehead atoms. The summed E-state index contributed by atoms with van der Waals surface area (Å²) in [7, 11) is 0. The van der Waals surface area contributed by atoms with Gasteiger partial charge in [0.1, 0.15) is 0 Å². The van der Waals surface area contributed by atoms with E-state index in [9.17, 15) is 4.79 Å². The second-order valence-electron chi connectivity index (χ2n) is 8.03. The summed E-state index contributed by atoms with van der Waals surface area (Å²) in [6.07, 6.45) is 6.53. The normalized spacial score (nSPS) is 22.9. The summed E-state index contributed by atoms with van der Waals surface area (Å²) in [5.41, 5.74) is 3.87. The minimum atomic E-state index is 0.184. The third-order valence-corrected chi connectivity index (χ3v) is 6.35. The molecule has 2 fully saturated rings. The van der Waals surface area contributed by atoms with Gasteiger partial charge in [-0.25, -0.2) is 0 Å². The van der Waals surface area contributed by atoms with Crippen molar-refractivity contribution in [1.82, 2.24) is 14.7 Å². The quantitative estimate of drug-likeness (QED) is 0.831. The number of aryl methyl sites for hydroxylation is 1. The van der Waals surface area contributed by atoms with Crippen LogP contribution in [0.2, 0.25) is 0 Å². The molecule has 138 valence electrons. The van der Waals surface area contributed by atoms with E-state index in [0.29, 0.717) is 12.5 Å². The summed E-state index contributed by atoms with van der Waals surface area (Å²) in [6.45, 7) is 6.55. The van der Waals surface area contributed by atoms with E-state index < -0.39 is 0 Å². The number of likely N-dealkylation sites (tertiary alicyclic amines) is 1. The molecule has 1 saturated carbocycles. The molecule has 1 amide bonds. The number of hydrogen-bond acceptors (Lipinski definition) is 2. The fourth-order valence-electron chi connectivity index (χ4n) is 4.86. The van der Waals surface area contributed by atoms with E-state index in [1.54, 1.807) is 0 Å². The van der Waals surface area contributed by atoms with Gasteiger partial charge in [0.15, 0.2) is 0 Å². The van der Waals surface area contributed by atoms with E-state index in [1.807, 2.05) is 36.7 Å². The smallest absolute Gasteiger partial charge is 0.257 e. The van der Waals surface area contributed by atoms with E-state index in [2.05, 4.69) is 22.1 Å². The lowest BCUT2D eigenvalue weighted by molar-refractivity contribution is 0.0519. The molecule has 1 aliphatic carbocycles. The fourth-order valence-corrected chi connectivity index (χ4v) is 4.86. The first-order chi connectivity index (χ1) is 12.6. The van der Waals surface area contributed by atoms with Gasteiger partial charge in [-0.2, -0.15) is 5.10 Å². The van der Waals surface area contributed by atoms with Gasteiger partial charge in [-0.05, 0) is 44.1 Å². The monoisotopic (exact) mass is 351 g/mol. The Kier molecular flexibility index (Phi) is 4.84. The molecule has 1 aliphatic heterocycles. The topological polar surface area (TPSA) is 38.1 Å². The molecule has 2 aromatic rings. The van der Waals surface area contributed by atoms with Gasteiger partial charge in [0.05, 0.1) is 17.8 Å². The van der Waals surface area contributed by atoms with Crippen molar-refractivity contribution in [2.45, 2.75) is 52.5 Å². The highest BCUT2D eigenvalue weighted by Gasteiger charge is 2.34. The number of aromatic nitrogens is 2. The van der Waals surface area contributed by atoms with Crippen molar-refractivity contribution >= 4 is 5.91 Å². The molecule has 4 rings (SSSR count). The summed E-state index contributed by atoms with van der Waals surface area (Å²) in [4.78, 5) is 15.3. The van der Waals surface area contributed by atoms with Gasteiger partial charge in [-0.3, -0.25) is 9.48 Å². The number of rotatable bonds is 3. The minimum absolute atomic E-state index is 0.184. The first-order valence-corrected chi connectivity index (χ1v) is 10.0. The van der Waals surface area contributed by atoms with Gasteiger partial charge in [-0.1, -0.05) is 49.6 Å². The molecule has 2 heterocycles. The first kappa shape index (κ1) is 17.3. The average molecular weight is 351 g/mol. The van der Waals surface area contributed by atoms with Crippen LogP contribution >= 0.6 is 0 Å². The summed E-state index contributed by atoms with van der Waals surface area (Å²) in [5, 5.41) is 4.67. The molecule has 1 aromatic heterocycles. The minimum Gasteiger partial charge on any atom is -0.338 e. The number of fused-ring (bicyclic) bond motifs is 1. The lowest BCUT2D eigenvalue weighted by Crippen LogP contribution is -2.45. The van der Waals surface area contributed by atoms with Gasteiger partial charge < -0.3 is 4.90 Å². The first-order valence-electron chi connectivity index (χ1n) is 10.0. The molecule has 0 spiro atoms. The zero-order valence-electron chi connectivity index (χ0n) is 15.9. The van der Waals surface area contributed by atoms with Gasteiger partial charge >= 0.3 is 0 Å². The lowest BCUT2D eigenvalue weighted by atomic mass is 9.75. The number of carbonyl (C=O) groups is 1. The van der Waals surface area contributed by atoms with Gasteiger partial charge in [0.2, 0.25) is 0 Å². The Labute approximate surface area is 156 Å². The fraction of sp³-hybridized carbons (Fsp3) is 0.545. The Morgan fingerprint density at radius 1 is 1.08 bits per heavy atom. The van der Waals surface area contributed by atoms with E-state index >= 15 is 0 Å². The molecule has 1 aromatic carbocycles. The summed E-state index contributed by atoms with van der Waals surface area (Å²) in [5.74, 6) is 1.74. The maximum atomic E-state index is 13.3. The predicted molar refractivity (Wildman–Crippen MR) is 103 cm³/mol. The van der Waals surface area contributed by atoms with Crippen LogP contribution in [0.5, 0.6) is 0 Å². The number of benzene rings is 1. The van der Waals surface area contributed by atoms with E-state index in [4.69, 9.17) is 0 Å². The standard InChI is InChI=1S/C22H29N3O/c1-16-21(17(2)25(23-16)14-18-8-4-3-5-9-18)22(26)24-13-12-19-10-6-7-11-20(19)15-24/h3-5,8-9,19-20H,6-7,10-15H2,1-2H3/t19-,20-/m1/s1. The Hall–Kier alpha value is -2.10. The zero-order chi connectivity index (χ0) is 18.1. The van der Waals surface area contributed by atoms with E-state index in [-0.39, 0.29) is 5.91 Å². The molecule has 0 N–H and O–H groups in total. The van der Waals surface area contributed by atoms with Crippen LogP contribution in [0, 0.1) is 25.7 Å². The van der Waals surface area contributed by atoms with Crippen LogP contribution in [0.25, 0.3) is 0 Å². The van der Waals surface area contributed by atoms with Crippen molar-refractivity contribution in [2.24, 2.45) is 11.8 Å². The van der Waals surface area contributed by atoms with Crippen LogP contribution in [0.15, 0.2) is 30.3 Å². The van der Waals surface area contributed by atoms with Gasteiger partial charge in [0, 0.05) is 18.8 Å². The molecular weight excluding hydrogens is 322 g/mol. The molecule has 4 nitrogen and oxygen atoms in total. The number of piperidine rings is 1. The second-order valence-corrected chi connectivity index (χ2v) is 8.03. The highest BCUT2D eigenvalue weighted by atomic mass is 16.2. The molecular formula is C22H29N3O. The Morgan fingerprint density at radius 2 is 1.81 bits per heavy atom. The van der Waals surface area contributed by atoms with E-state index in [1.165, 1.54) is 37.7 Å². The Balaban J connectivity index is 1.53. The van der Waals surface area contributed by atoms with Crippen LogP contribution in [0.3, 0.4) is 0 Å². The van der Waals surface area contributed by atoms with Crippen molar-refractivity contribution in [1.29, 1.82) is 0 Å². The van der Waals surface area contributed by atoms with Crippen LogP contribution in [0.4, 0.5) is 0 Å². The summed E-state index contributed by atoms with van der Waals surface area (Å²) >= 11 is 0. The maximum absolute atomic E-state index is 13.3. The SMILES string of the molecule is Cc1nn(Cc2ccccc2)c(C)c1C(=O)N1CC[C@H]2CCCC[C@@H]2C1. The number of amides is 1. The third-order valence-electron chi connectivity index (χ3n) is 6.35. The molecule has 0 unspecified atom stereocenters. The molecule has 26 heavy (non-hydrogen) atoms. The van der Waals surface area contributed by atoms with E-state index in [0.717, 1.165) is 36.0 Å². The number of carbonyl (C=O) groups excluding carboxylic acids is 1. The van der Waals surface area contributed by atoms with Crippen LogP contribution < -0.4 is 0 Å². The number of hydrogen-bond donors (Lipinski definition) is 0. The average Bonchev–Trinajstić information content (AvgIpc) is 2.95. The Bertz CT molecular complexity index is 780. The van der Waals surface area contributed by atoms with Crippen LogP contribution in [-0.2, 0) is 6.54 Å². The van der Waals surface area contributed by atoms with Gasteiger partial charge in [-0.15, -0.1) is 0 Å². The molecule has 1 saturated heterocycles. The zero-order valence-corrected chi connectivity index (χ0v) is 15.9. The van der Waals surface area contributed by atoms with Crippen LogP contribution in [0.1, 0.15) is 59.4 Å². The third kappa shape index (κ3) is 3.29. The predicted octanol–water partition coefficient (Wildman–Crippen LogP) is 4.20. The van der Waals surface area contributed by atoms with Crippen molar-refractivity contribution < 1.29 is 4.79 Å². The van der Waals surface area contributed by atoms with Gasteiger partial charge in [0.25, 0.3) is 5.91 Å². The maximum Gasteiger partial charge on any atom is 0.257 e. The van der Waals surface area contributed by atoms with Crippen molar-refractivity contribution in [3.63, 3.8) is 0 Å². The van der Waals surface area contributed by atoms with Crippen molar-refractivity contribution in [2.75, 3.05) is 13.1 Å². The molecule has 2 aliphatic rings. The lowest BCUT2D eigenvalue weighted by Gasteiger charge is -2.41. The highest BCUT2D eigenvalue weighted by Crippen LogP contribution is 2.36. The highest BCUT2D eigenvalue weighted by molar-refractivity contribution is 5.96. The largest absolute Gasteiger partial charge is 0.338 e.